The Morgan fingerprint density at radius 1 is 0.815 bits per heavy atom. The molecule has 0 saturated heterocycles. The van der Waals surface area contributed by atoms with Crippen molar-refractivity contribution in [1.29, 1.82) is 0 Å². The quantitative estimate of drug-likeness (QED) is 0.426. The first kappa shape index (κ1) is 17.2. The summed E-state index contributed by atoms with van der Waals surface area (Å²) in [7, 11) is 0. The number of fused-ring (bicyclic) bond motifs is 1. The van der Waals surface area contributed by atoms with Crippen LogP contribution in [0.4, 0.5) is 4.39 Å². The summed E-state index contributed by atoms with van der Waals surface area (Å²) < 4.78 is 20.3. The van der Waals surface area contributed by atoms with Crippen molar-refractivity contribution in [1.82, 2.24) is 9.97 Å². The first-order chi connectivity index (χ1) is 13.1. The molecule has 1 heterocycles. The maximum absolute atomic E-state index is 14.2. The molecule has 4 heteroatoms. The van der Waals surface area contributed by atoms with E-state index in [0.29, 0.717) is 34.5 Å². The summed E-state index contributed by atoms with van der Waals surface area (Å²) in [6.45, 7) is 4.29. The number of hydrogen-bond donors (Lipinski definition) is 0. The lowest BCUT2D eigenvalue weighted by Crippen LogP contribution is -1.97. The molecule has 4 aromatic rings. The molecule has 0 N–H and O–H groups in total. The zero-order valence-electron chi connectivity index (χ0n) is 15.2. The Balaban J connectivity index is 1.80. The second kappa shape index (κ2) is 7.16. The first-order valence-corrected chi connectivity index (χ1v) is 8.91. The monoisotopic (exact) mass is 358 g/mol. The van der Waals surface area contributed by atoms with Gasteiger partial charge in [-0.3, -0.25) is 0 Å². The molecule has 0 aliphatic heterocycles. The van der Waals surface area contributed by atoms with Crippen LogP contribution in [-0.4, -0.2) is 9.97 Å². The van der Waals surface area contributed by atoms with Crippen molar-refractivity contribution in [3.63, 3.8) is 0 Å². The van der Waals surface area contributed by atoms with Crippen LogP contribution in [0, 0.1) is 5.82 Å². The summed E-state index contributed by atoms with van der Waals surface area (Å²) >= 11 is 0. The van der Waals surface area contributed by atoms with Crippen LogP contribution in [0.1, 0.15) is 25.3 Å². The molecular weight excluding hydrogens is 339 g/mol. The van der Waals surface area contributed by atoms with E-state index in [9.17, 15) is 4.39 Å². The SMILES string of the molecule is CC(C)c1ccc(Oc2nc(-c3ccccc3F)nc3ccccc23)cc1. The maximum atomic E-state index is 14.2. The van der Waals surface area contributed by atoms with Crippen molar-refractivity contribution in [2.75, 3.05) is 0 Å². The number of para-hydroxylation sites is 1. The Labute approximate surface area is 157 Å². The fourth-order valence-corrected chi connectivity index (χ4v) is 2.92. The highest BCUT2D eigenvalue weighted by atomic mass is 19.1. The lowest BCUT2D eigenvalue weighted by molar-refractivity contribution is 0.468. The van der Waals surface area contributed by atoms with Gasteiger partial charge in [-0.1, -0.05) is 50.2 Å². The third kappa shape index (κ3) is 3.51. The Hall–Kier alpha value is -3.27. The number of aromatic nitrogens is 2. The Kier molecular flexibility index (Phi) is 4.55. The number of halogens is 1. The van der Waals surface area contributed by atoms with Crippen molar-refractivity contribution < 1.29 is 9.13 Å². The van der Waals surface area contributed by atoms with Gasteiger partial charge in [-0.05, 0) is 47.9 Å². The standard InChI is InChI=1S/C23H19FN2O/c1-15(2)16-11-13-17(14-12-16)27-23-19-8-4-6-10-21(19)25-22(26-23)18-7-3-5-9-20(18)24/h3-15H,1-2H3. The van der Waals surface area contributed by atoms with E-state index in [1.165, 1.54) is 11.6 Å². The van der Waals surface area contributed by atoms with E-state index in [4.69, 9.17) is 4.74 Å². The number of nitrogens with zero attached hydrogens (tertiary/aromatic N) is 2. The lowest BCUT2D eigenvalue weighted by atomic mass is 10.0. The van der Waals surface area contributed by atoms with Gasteiger partial charge >= 0.3 is 0 Å². The minimum absolute atomic E-state index is 0.306. The van der Waals surface area contributed by atoms with Gasteiger partial charge in [0, 0.05) is 0 Å². The highest BCUT2D eigenvalue weighted by molar-refractivity contribution is 5.85. The van der Waals surface area contributed by atoms with Gasteiger partial charge in [-0.25, -0.2) is 9.37 Å². The largest absolute Gasteiger partial charge is 0.438 e. The van der Waals surface area contributed by atoms with E-state index in [0.717, 1.165) is 5.39 Å². The summed E-state index contributed by atoms with van der Waals surface area (Å²) in [5.74, 6) is 1.49. The average Bonchev–Trinajstić information content (AvgIpc) is 2.68. The number of rotatable bonds is 4. The Morgan fingerprint density at radius 3 is 2.26 bits per heavy atom. The fourth-order valence-electron chi connectivity index (χ4n) is 2.92. The minimum atomic E-state index is -0.361. The topological polar surface area (TPSA) is 35.0 Å². The van der Waals surface area contributed by atoms with Crippen molar-refractivity contribution in [2.24, 2.45) is 0 Å². The number of benzene rings is 3. The second-order valence-corrected chi connectivity index (χ2v) is 6.68. The molecule has 0 spiro atoms. The number of ether oxygens (including phenoxy) is 1. The summed E-state index contributed by atoms with van der Waals surface area (Å²) in [6.07, 6.45) is 0. The van der Waals surface area contributed by atoms with Crippen LogP contribution >= 0.6 is 0 Å². The van der Waals surface area contributed by atoms with Crippen LogP contribution < -0.4 is 4.74 Å². The Bertz CT molecular complexity index is 1090. The molecule has 1 aromatic heterocycles. The predicted octanol–water partition coefficient (Wildman–Crippen LogP) is 6.35. The zero-order valence-corrected chi connectivity index (χ0v) is 15.2. The molecule has 3 nitrogen and oxygen atoms in total. The molecule has 27 heavy (non-hydrogen) atoms. The van der Waals surface area contributed by atoms with E-state index in [1.54, 1.807) is 18.2 Å². The van der Waals surface area contributed by atoms with Gasteiger partial charge in [0.25, 0.3) is 0 Å². The molecule has 0 atom stereocenters. The summed E-state index contributed by atoms with van der Waals surface area (Å²) in [6, 6.07) is 22.0. The van der Waals surface area contributed by atoms with Gasteiger partial charge in [0.2, 0.25) is 5.88 Å². The van der Waals surface area contributed by atoms with Crippen LogP contribution in [0.2, 0.25) is 0 Å². The van der Waals surface area contributed by atoms with Crippen molar-refractivity contribution in [3.8, 4) is 23.0 Å². The third-order valence-electron chi connectivity index (χ3n) is 4.44. The predicted molar refractivity (Wildman–Crippen MR) is 106 cm³/mol. The van der Waals surface area contributed by atoms with E-state index < -0.39 is 0 Å². The summed E-state index contributed by atoms with van der Waals surface area (Å²) in [5.41, 5.74) is 2.30. The van der Waals surface area contributed by atoms with E-state index >= 15 is 0 Å². The van der Waals surface area contributed by atoms with Gasteiger partial charge < -0.3 is 4.74 Å². The zero-order chi connectivity index (χ0) is 18.8. The summed E-state index contributed by atoms with van der Waals surface area (Å²) in [5, 5.41) is 0.783. The molecule has 0 saturated carbocycles. The average molecular weight is 358 g/mol. The highest BCUT2D eigenvalue weighted by Gasteiger charge is 2.14. The molecule has 3 aromatic carbocycles. The van der Waals surface area contributed by atoms with Gasteiger partial charge in [-0.15, -0.1) is 0 Å². The van der Waals surface area contributed by atoms with Crippen LogP contribution in [0.5, 0.6) is 11.6 Å². The van der Waals surface area contributed by atoms with Gasteiger partial charge in [0.05, 0.1) is 16.5 Å². The fraction of sp³-hybridized carbons (Fsp3) is 0.130. The molecule has 0 radical (unpaired) electrons. The van der Waals surface area contributed by atoms with E-state index in [1.807, 2.05) is 48.5 Å². The molecule has 0 fully saturated rings. The molecule has 134 valence electrons. The lowest BCUT2D eigenvalue weighted by Gasteiger charge is -2.11. The molecule has 0 aliphatic rings. The number of hydrogen-bond acceptors (Lipinski definition) is 3. The normalized spacial score (nSPS) is 11.1. The van der Waals surface area contributed by atoms with Crippen LogP contribution in [0.25, 0.3) is 22.3 Å². The maximum Gasteiger partial charge on any atom is 0.230 e. The third-order valence-corrected chi connectivity index (χ3v) is 4.44. The molecular formula is C23H19FN2O. The Morgan fingerprint density at radius 2 is 1.52 bits per heavy atom. The molecule has 0 unspecified atom stereocenters. The second-order valence-electron chi connectivity index (χ2n) is 6.68. The molecule has 4 rings (SSSR count). The van der Waals surface area contributed by atoms with E-state index in [2.05, 4.69) is 23.8 Å². The van der Waals surface area contributed by atoms with Gasteiger partial charge in [0.15, 0.2) is 5.82 Å². The molecule has 0 aliphatic carbocycles. The van der Waals surface area contributed by atoms with Gasteiger partial charge in [-0.2, -0.15) is 4.98 Å². The van der Waals surface area contributed by atoms with Crippen molar-refractivity contribution in [3.05, 3.63) is 84.2 Å². The van der Waals surface area contributed by atoms with Crippen LogP contribution in [-0.2, 0) is 0 Å². The van der Waals surface area contributed by atoms with Crippen LogP contribution in [0.15, 0.2) is 72.8 Å². The molecule has 0 amide bonds. The summed E-state index contributed by atoms with van der Waals surface area (Å²) in [4.78, 5) is 9.03. The minimum Gasteiger partial charge on any atom is -0.438 e. The van der Waals surface area contributed by atoms with Crippen LogP contribution in [0.3, 0.4) is 0 Å². The van der Waals surface area contributed by atoms with Crippen molar-refractivity contribution in [2.45, 2.75) is 19.8 Å². The first-order valence-electron chi connectivity index (χ1n) is 8.91. The van der Waals surface area contributed by atoms with Gasteiger partial charge in [0.1, 0.15) is 11.6 Å². The van der Waals surface area contributed by atoms with Crippen molar-refractivity contribution >= 4 is 10.9 Å². The highest BCUT2D eigenvalue weighted by Crippen LogP contribution is 2.31. The smallest absolute Gasteiger partial charge is 0.230 e. The molecule has 0 bridgehead atoms. The van der Waals surface area contributed by atoms with E-state index in [-0.39, 0.29) is 5.82 Å².